The van der Waals surface area contributed by atoms with Crippen LogP contribution in [0.15, 0.2) is 48.6 Å². The third kappa shape index (κ3) is 6.69. The largest absolute Gasteiger partial charge is 0.459 e. The topological polar surface area (TPSA) is 72.8 Å². The Hall–Kier alpha value is -2.14. The predicted octanol–water partition coefficient (Wildman–Crippen LogP) is 10.4. The molecule has 4 saturated carbocycles. The maximum atomic E-state index is 13.4. The van der Waals surface area contributed by atoms with Gasteiger partial charge in [-0.3, -0.25) is 9.59 Å². The summed E-state index contributed by atoms with van der Waals surface area (Å²) in [4.78, 5) is 26.7. The van der Waals surface area contributed by atoms with Crippen molar-refractivity contribution < 1.29 is 24.2 Å². The van der Waals surface area contributed by atoms with Crippen molar-refractivity contribution in [2.24, 2.45) is 45.3 Å². The van der Waals surface area contributed by atoms with Gasteiger partial charge in [0.05, 0.1) is 12.5 Å². The molecular weight excluding hydrogens is 608 g/mol. The Bertz CT molecular complexity index is 1390. The minimum atomic E-state index is -0.928. The number of aliphatic hydroxyl groups is 1. The monoisotopic (exact) mass is 674 g/mol. The maximum Gasteiger partial charge on any atom is 0.308 e. The molecule has 0 saturated heterocycles. The van der Waals surface area contributed by atoms with Gasteiger partial charge in [0.25, 0.3) is 0 Å². The molecule has 0 amide bonds. The van der Waals surface area contributed by atoms with E-state index in [0.29, 0.717) is 23.7 Å². The number of rotatable bonds is 9. The van der Waals surface area contributed by atoms with Crippen LogP contribution >= 0.6 is 0 Å². The highest BCUT2D eigenvalue weighted by Crippen LogP contribution is 2.64. The molecule has 0 bridgehead atoms. The van der Waals surface area contributed by atoms with Gasteiger partial charge in [0.1, 0.15) is 11.2 Å². The summed E-state index contributed by atoms with van der Waals surface area (Å²) in [5.74, 6) is 1.08. The molecule has 11 atom stereocenters. The number of fused-ring (bicyclic) bond motifs is 6. The van der Waals surface area contributed by atoms with Crippen molar-refractivity contribution in [3.8, 4) is 0 Å². The number of carbonyl (C=O) groups excluding carboxylic acids is 2. The normalized spacial score (nSPS) is 45.1. The minimum Gasteiger partial charge on any atom is -0.459 e. The standard InChI is InChI=1S/C44H66O5/c1-9-39(3)25-19-33-30(28-39)13-16-35-41(33,5)21-11-23-43(35,7)48-37(46)18-15-32(45)27-38(47)49-44(8)24-12-22-42(6)34-20-26-40(4,10-2)29-31(34)14-17-36(42)44/h9-10,28-29,32-36,45H,1-2,11-27H2,3-8H3. The summed E-state index contributed by atoms with van der Waals surface area (Å²) in [6, 6.07) is 0. The lowest BCUT2D eigenvalue weighted by Crippen LogP contribution is -2.56. The molecule has 0 spiro atoms. The van der Waals surface area contributed by atoms with Gasteiger partial charge in [0.15, 0.2) is 0 Å². The molecule has 49 heavy (non-hydrogen) atoms. The van der Waals surface area contributed by atoms with Crippen LogP contribution in [-0.4, -0.2) is 34.4 Å². The highest BCUT2D eigenvalue weighted by Gasteiger charge is 2.59. The highest BCUT2D eigenvalue weighted by atomic mass is 16.6. The molecule has 6 aliphatic rings. The fraction of sp³-hybridized carbons (Fsp3) is 0.773. The van der Waals surface area contributed by atoms with Crippen LogP contribution in [0, 0.1) is 45.3 Å². The van der Waals surface area contributed by atoms with Crippen LogP contribution in [0.1, 0.15) is 151 Å². The number of esters is 2. The van der Waals surface area contributed by atoms with E-state index < -0.39 is 17.3 Å². The maximum absolute atomic E-state index is 13.4. The quantitative estimate of drug-likeness (QED) is 0.195. The van der Waals surface area contributed by atoms with Gasteiger partial charge >= 0.3 is 11.9 Å². The summed E-state index contributed by atoms with van der Waals surface area (Å²) in [6.07, 6.45) is 23.4. The van der Waals surface area contributed by atoms with E-state index >= 15 is 0 Å². The first-order chi connectivity index (χ1) is 23.0. The number of hydrogen-bond donors (Lipinski definition) is 1. The zero-order valence-electron chi connectivity index (χ0n) is 31.7. The Kier molecular flexibility index (Phi) is 9.81. The summed E-state index contributed by atoms with van der Waals surface area (Å²) in [6.45, 7) is 22.0. The Labute approximate surface area is 297 Å². The molecule has 0 aromatic rings. The molecule has 11 unspecified atom stereocenters. The van der Waals surface area contributed by atoms with E-state index in [0.717, 1.165) is 77.0 Å². The molecule has 4 fully saturated rings. The third-order valence-corrected chi connectivity index (χ3v) is 15.5. The summed E-state index contributed by atoms with van der Waals surface area (Å²) in [5.41, 5.74) is 2.51. The second-order valence-electron chi connectivity index (χ2n) is 18.9. The lowest BCUT2D eigenvalue weighted by Gasteiger charge is -2.59. The molecule has 0 aliphatic heterocycles. The van der Waals surface area contributed by atoms with Crippen LogP contribution in [-0.2, 0) is 19.1 Å². The molecule has 1 N–H and O–H groups in total. The van der Waals surface area contributed by atoms with Crippen LogP contribution in [0.25, 0.3) is 0 Å². The second-order valence-corrected chi connectivity index (χ2v) is 18.9. The Morgan fingerprint density at radius 1 is 0.735 bits per heavy atom. The summed E-state index contributed by atoms with van der Waals surface area (Å²) < 4.78 is 12.7. The number of carbonyl (C=O) groups is 2. The first kappa shape index (κ1) is 36.6. The lowest BCUT2D eigenvalue weighted by atomic mass is 9.48. The van der Waals surface area contributed by atoms with E-state index in [1.54, 1.807) is 11.1 Å². The first-order valence-corrected chi connectivity index (χ1v) is 19.8. The van der Waals surface area contributed by atoms with Crippen molar-refractivity contribution >= 4 is 11.9 Å². The van der Waals surface area contributed by atoms with Crippen molar-refractivity contribution in [1.82, 2.24) is 0 Å². The number of ether oxygens (including phenoxy) is 2. The highest BCUT2D eigenvalue weighted by molar-refractivity contribution is 5.72. The van der Waals surface area contributed by atoms with Crippen molar-refractivity contribution in [2.45, 2.75) is 168 Å². The fourth-order valence-electron chi connectivity index (χ4n) is 12.7. The third-order valence-electron chi connectivity index (χ3n) is 15.5. The number of allylic oxidation sites excluding steroid dienone is 6. The molecule has 5 heteroatoms. The van der Waals surface area contributed by atoms with Gasteiger partial charge in [-0.15, -0.1) is 13.2 Å². The SMILES string of the molecule is C=CC1(C)C=C2CCC3C(C)(OC(=O)CCC(O)CC(=O)OC4(C)CCCC5(C)C6CCC(C)(C=C)C=C6CCC45)CCCC3(C)C2CC1. The number of hydrogen-bond acceptors (Lipinski definition) is 5. The Morgan fingerprint density at radius 2 is 1.18 bits per heavy atom. The van der Waals surface area contributed by atoms with E-state index in [1.807, 2.05) is 0 Å². The zero-order valence-corrected chi connectivity index (χ0v) is 31.7. The summed E-state index contributed by atoms with van der Waals surface area (Å²) >= 11 is 0. The molecule has 6 rings (SSSR count). The average Bonchev–Trinajstić information content (AvgIpc) is 3.03. The predicted molar refractivity (Wildman–Crippen MR) is 196 cm³/mol. The first-order valence-electron chi connectivity index (χ1n) is 19.8. The van der Waals surface area contributed by atoms with Gasteiger partial charge in [-0.25, -0.2) is 0 Å². The van der Waals surface area contributed by atoms with Gasteiger partial charge < -0.3 is 14.6 Å². The molecule has 272 valence electrons. The van der Waals surface area contributed by atoms with E-state index in [9.17, 15) is 14.7 Å². The van der Waals surface area contributed by atoms with Crippen molar-refractivity contribution in [3.05, 3.63) is 48.6 Å². The van der Waals surface area contributed by atoms with E-state index in [-0.39, 0.29) is 52.9 Å². The lowest BCUT2D eigenvalue weighted by molar-refractivity contribution is -0.190. The minimum absolute atomic E-state index is 0.0812. The van der Waals surface area contributed by atoms with Crippen LogP contribution < -0.4 is 0 Å². The second kappa shape index (κ2) is 13.1. The molecule has 0 aromatic carbocycles. The zero-order chi connectivity index (χ0) is 35.5. The van der Waals surface area contributed by atoms with E-state index in [2.05, 4.69) is 79.0 Å². The van der Waals surface area contributed by atoms with Crippen molar-refractivity contribution in [1.29, 1.82) is 0 Å². The molecule has 0 aromatic heterocycles. The van der Waals surface area contributed by atoms with Gasteiger partial charge in [0.2, 0.25) is 0 Å². The summed E-state index contributed by atoms with van der Waals surface area (Å²) in [7, 11) is 0. The van der Waals surface area contributed by atoms with Gasteiger partial charge in [0, 0.05) is 29.1 Å². The molecule has 5 nitrogen and oxygen atoms in total. The molecule has 0 radical (unpaired) electrons. The van der Waals surface area contributed by atoms with Gasteiger partial charge in [-0.2, -0.15) is 0 Å². The molecule has 0 heterocycles. The fourth-order valence-corrected chi connectivity index (χ4v) is 12.7. The van der Waals surface area contributed by atoms with Gasteiger partial charge in [-0.05, 0) is 133 Å². The van der Waals surface area contributed by atoms with Gasteiger partial charge in [-0.1, -0.05) is 63.1 Å². The van der Waals surface area contributed by atoms with Crippen LogP contribution in [0.5, 0.6) is 0 Å². The van der Waals surface area contributed by atoms with Crippen LogP contribution in [0.3, 0.4) is 0 Å². The van der Waals surface area contributed by atoms with E-state index in [1.165, 1.54) is 12.8 Å². The smallest absolute Gasteiger partial charge is 0.308 e. The summed E-state index contributed by atoms with van der Waals surface area (Å²) in [5, 5.41) is 10.9. The molecule has 6 aliphatic carbocycles. The Morgan fingerprint density at radius 3 is 1.63 bits per heavy atom. The number of aliphatic hydroxyl groups excluding tert-OH is 1. The average molecular weight is 675 g/mol. The van der Waals surface area contributed by atoms with Crippen LogP contribution in [0.4, 0.5) is 0 Å². The van der Waals surface area contributed by atoms with E-state index in [4.69, 9.17) is 9.47 Å². The molecular formula is C44H66O5. The van der Waals surface area contributed by atoms with Crippen molar-refractivity contribution in [3.63, 3.8) is 0 Å². The van der Waals surface area contributed by atoms with Crippen molar-refractivity contribution in [2.75, 3.05) is 0 Å². The Balaban J connectivity index is 1.02. The van der Waals surface area contributed by atoms with Crippen LogP contribution in [0.2, 0.25) is 0 Å².